The minimum Gasteiger partial charge on any atom is -0.355 e. The highest BCUT2D eigenvalue weighted by Gasteiger charge is 2.51. The van der Waals surface area contributed by atoms with E-state index in [1.54, 1.807) is 25.1 Å². The minimum absolute atomic E-state index is 0.0322. The van der Waals surface area contributed by atoms with Crippen molar-refractivity contribution in [1.29, 1.82) is 0 Å². The molecule has 4 fully saturated rings. The second kappa shape index (κ2) is 12.4. The van der Waals surface area contributed by atoms with Crippen LogP contribution in [-0.4, -0.2) is 50.5 Å². The molecule has 0 spiro atoms. The van der Waals surface area contributed by atoms with Gasteiger partial charge in [-0.05, 0) is 105 Å². The van der Waals surface area contributed by atoms with E-state index in [4.69, 9.17) is 23.2 Å². The van der Waals surface area contributed by atoms with Gasteiger partial charge in [-0.15, -0.1) is 0 Å². The molecule has 0 heterocycles. The van der Waals surface area contributed by atoms with Crippen molar-refractivity contribution in [3.05, 3.63) is 63.6 Å². The van der Waals surface area contributed by atoms with E-state index in [0.29, 0.717) is 34.3 Å². The summed E-state index contributed by atoms with van der Waals surface area (Å²) >= 11 is 12.9. The molecule has 4 aliphatic rings. The van der Waals surface area contributed by atoms with E-state index in [0.717, 1.165) is 28.3 Å². The van der Waals surface area contributed by atoms with Crippen LogP contribution in [0, 0.1) is 17.8 Å². The van der Waals surface area contributed by atoms with Crippen molar-refractivity contribution < 1.29 is 18.0 Å². The van der Waals surface area contributed by atoms with Crippen molar-refractivity contribution >= 4 is 50.7 Å². The van der Waals surface area contributed by atoms with Gasteiger partial charge in [0.05, 0.1) is 11.9 Å². The second-order valence-electron chi connectivity index (χ2n) is 12.6. The van der Waals surface area contributed by atoms with Gasteiger partial charge < -0.3 is 10.2 Å². The third-order valence-corrected chi connectivity index (χ3v) is 11.5. The first-order valence-electron chi connectivity index (χ1n) is 15.0. The average Bonchev–Trinajstić information content (AvgIpc) is 2.92. The molecule has 2 amide bonds. The molecule has 4 aliphatic carbocycles. The number of carbonyl (C=O) groups is 2. The monoisotopic (exact) mass is 633 g/mol. The summed E-state index contributed by atoms with van der Waals surface area (Å²) in [5.41, 5.74) is 2.40. The summed E-state index contributed by atoms with van der Waals surface area (Å²) < 4.78 is 27.3. The molecule has 2 aromatic carbocycles. The van der Waals surface area contributed by atoms with Crippen molar-refractivity contribution in [2.24, 2.45) is 17.8 Å². The number of carbonyl (C=O) groups excluding carboxylic acids is 2. The summed E-state index contributed by atoms with van der Waals surface area (Å²) in [6, 6.07) is 12.0. The van der Waals surface area contributed by atoms with Crippen molar-refractivity contribution in [1.82, 2.24) is 10.2 Å². The van der Waals surface area contributed by atoms with Gasteiger partial charge in [-0.25, -0.2) is 8.42 Å². The van der Waals surface area contributed by atoms with E-state index >= 15 is 0 Å². The average molecular weight is 635 g/mol. The molecule has 228 valence electrons. The van der Waals surface area contributed by atoms with Gasteiger partial charge in [0.2, 0.25) is 21.8 Å². The molecule has 0 saturated heterocycles. The number of nitrogens with one attached hydrogen (secondary N) is 1. The van der Waals surface area contributed by atoms with Gasteiger partial charge >= 0.3 is 0 Å². The lowest BCUT2D eigenvalue weighted by molar-refractivity contribution is -0.140. The Balaban J connectivity index is 1.42. The van der Waals surface area contributed by atoms with Gasteiger partial charge in [-0.3, -0.25) is 13.9 Å². The summed E-state index contributed by atoms with van der Waals surface area (Å²) in [6.45, 7) is 3.53. The number of hydrogen-bond acceptors (Lipinski definition) is 4. The second-order valence-corrected chi connectivity index (χ2v) is 15.3. The van der Waals surface area contributed by atoms with Crippen LogP contribution in [0.5, 0.6) is 0 Å². The number of sulfonamides is 1. The molecular formula is C32H41Cl2N3O4S. The van der Waals surface area contributed by atoms with E-state index < -0.39 is 28.5 Å². The van der Waals surface area contributed by atoms with Gasteiger partial charge in [0.15, 0.2) is 0 Å². The fraction of sp³-hybridized carbons (Fsp3) is 0.562. The lowest BCUT2D eigenvalue weighted by atomic mass is 9.48. The van der Waals surface area contributed by atoms with E-state index in [2.05, 4.69) is 17.4 Å². The van der Waals surface area contributed by atoms with E-state index in [9.17, 15) is 18.0 Å². The van der Waals surface area contributed by atoms with Gasteiger partial charge in [0, 0.05) is 28.7 Å². The van der Waals surface area contributed by atoms with Crippen molar-refractivity contribution in [3.8, 4) is 0 Å². The summed E-state index contributed by atoms with van der Waals surface area (Å²) in [7, 11) is -3.82. The molecule has 1 atom stereocenters. The zero-order valence-corrected chi connectivity index (χ0v) is 26.9. The summed E-state index contributed by atoms with van der Waals surface area (Å²) in [5.74, 6) is 1.57. The Kier molecular flexibility index (Phi) is 9.17. The van der Waals surface area contributed by atoms with E-state index in [-0.39, 0.29) is 17.9 Å². The number of rotatable bonds is 11. The maximum Gasteiger partial charge on any atom is 0.244 e. The summed E-state index contributed by atoms with van der Waals surface area (Å²) in [5, 5.41) is 3.53. The predicted molar refractivity (Wildman–Crippen MR) is 168 cm³/mol. The van der Waals surface area contributed by atoms with Crippen LogP contribution < -0.4 is 9.62 Å². The number of amides is 2. The molecule has 4 saturated carbocycles. The molecule has 0 unspecified atom stereocenters. The van der Waals surface area contributed by atoms with Crippen molar-refractivity contribution in [2.45, 2.75) is 76.8 Å². The van der Waals surface area contributed by atoms with E-state index in [1.807, 2.05) is 19.1 Å². The maximum absolute atomic E-state index is 14.0. The van der Waals surface area contributed by atoms with Crippen LogP contribution in [0.4, 0.5) is 5.69 Å². The van der Waals surface area contributed by atoms with E-state index in [1.165, 1.54) is 49.0 Å². The van der Waals surface area contributed by atoms with Crippen molar-refractivity contribution in [3.63, 3.8) is 0 Å². The van der Waals surface area contributed by atoms with Crippen LogP contribution in [0.3, 0.4) is 0 Å². The van der Waals surface area contributed by atoms with Gasteiger partial charge in [-0.1, -0.05) is 48.3 Å². The molecule has 42 heavy (non-hydrogen) atoms. The Bertz CT molecular complexity index is 1370. The highest BCUT2D eigenvalue weighted by Crippen LogP contribution is 2.60. The van der Waals surface area contributed by atoms with Crippen LogP contribution in [-0.2, 0) is 31.6 Å². The van der Waals surface area contributed by atoms with Crippen LogP contribution in [0.1, 0.15) is 69.9 Å². The molecule has 4 bridgehead atoms. The van der Waals surface area contributed by atoms with Crippen LogP contribution in [0.2, 0.25) is 10.0 Å². The highest BCUT2D eigenvalue weighted by molar-refractivity contribution is 7.92. The molecule has 7 nitrogen and oxygen atoms in total. The summed E-state index contributed by atoms with van der Waals surface area (Å²) in [4.78, 5) is 28.4. The Hall–Kier alpha value is -2.29. The topological polar surface area (TPSA) is 86.8 Å². The fourth-order valence-electron chi connectivity index (χ4n) is 8.12. The van der Waals surface area contributed by atoms with Crippen molar-refractivity contribution in [2.75, 3.05) is 23.7 Å². The first kappa shape index (κ1) is 31.1. The smallest absolute Gasteiger partial charge is 0.244 e. The zero-order valence-electron chi connectivity index (χ0n) is 24.6. The zero-order chi connectivity index (χ0) is 30.2. The quantitative estimate of drug-likeness (QED) is 0.321. The minimum atomic E-state index is -3.82. The number of nitrogens with zero attached hydrogens (tertiary/aromatic N) is 2. The number of halogens is 2. The molecule has 0 aliphatic heterocycles. The fourth-order valence-corrected chi connectivity index (χ4v) is 9.49. The van der Waals surface area contributed by atoms with Gasteiger partial charge in [0.1, 0.15) is 12.6 Å². The maximum atomic E-state index is 14.0. The number of benzene rings is 2. The molecule has 2 aromatic rings. The van der Waals surface area contributed by atoms with Gasteiger partial charge in [0.25, 0.3) is 0 Å². The molecule has 10 heteroatoms. The van der Waals surface area contributed by atoms with Crippen LogP contribution in [0.15, 0.2) is 42.5 Å². The standard InChI is InChI=1S/C32H41Cl2N3O4S/c1-4-29(31(39)35-5-2)36(19-26-27(33)7-6-8-28(26)34)30(38)20-37(42(3,40)41)25-11-9-24(10-12-25)32-16-21-13-22(17-32)15-23(14-21)18-32/h6-12,21-23,29H,4-5,13-20H2,1-3H3,(H,35,39)/t21?,22?,23?,29-,32?/m1/s1. The van der Waals surface area contributed by atoms with Crippen LogP contribution in [0.25, 0.3) is 0 Å². The number of anilines is 1. The predicted octanol–water partition coefficient (Wildman–Crippen LogP) is 6.17. The first-order chi connectivity index (χ1) is 19.9. The SMILES string of the molecule is CCNC(=O)[C@@H](CC)N(Cc1c(Cl)cccc1Cl)C(=O)CN(c1ccc(C23CC4CC(CC(C4)C2)C3)cc1)S(C)(=O)=O. The summed E-state index contributed by atoms with van der Waals surface area (Å²) in [6.07, 6.45) is 9.13. The molecule has 0 aromatic heterocycles. The third kappa shape index (κ3) is 6.31. The Labute approximate surface area is 260 Å². The molecular weight excluding hydrogens is 593 g/mol. The lowest BCUT2D eigenvalue weighted by Crippen LogP contribution is -2.52. The number of hydrogen-bond donors (Lipinski definition) is 1. The third-order valence-electron chi connectivity index (χ3n) is 9.61. The number of likely N-dealkylation sites (N-methyl/N-ethyl adjacent to an activating group) is 1. The molecule has 1 N–H and O–H groups in total. The Morgan fingerprint density at radius 1 is 0.952 bits per heavy atom. The largest absolute Gasteiger partial charge is 0.355 e. The Morgan fingerprint density at radius 2 is 1.50 bits per heavy atom. The molecule has 6 rings (SSSR count). The normalized spacial score (nSPS) is 25.2. The Morgan fingerprint density at radius 3 is 1.98 bits per heavy atom. The lowest BCUT2D eigenvalue weighted by Gasteiger charge is -2.57. The van der Waals surface area contributed by atoms with Crippen LogP contribution >= 0.6 is 23.2 Å². The molecule has 0 radical (unpaired) electrons. The highest BCUT2D eigenvalue weighted by atomic mass is 35.5. The van der Waals surface area contributed by atoms with Gasteiger partial charge in [-0.2, -0.15) is 0 Å². The first-order valence-corrected chi connectivity index (χ1v) is 17.6.